The number of aldehydes is 1. The first-order valence-electron chi connectivity index (χ1n) is 11.8. The van der Waals surface area contributed by atoms with Crippen molar-refractivity contribution in [1.29, 1.82) is 0 Å². The Morgan fingerprint density at radius 3 is 2.61 bits per heavy atom. The molecule has 2 aromatic rings. The molecule has 9 heteroatoms. The molecule has 0 aromatic heterocycles. The number of ether oxygens (including phenoxy) is 2. The van der Waals surface area contributed by atoms with Gasteiger partial charge in [-0.05, 0) is 55.4 Å². The molecule has 0 spiro atoms. The van der Waals surface area contributed by atoms with E-state index in [4.69, 9.17) is 9.47 Å². The van der Waals surface area contributed by atoms with E-state index < -0.39 is 4.92 Å². The summed E-state index contributed by atoms with van der Waals surface area (Å²) in [5.74, 6) is 0.371. The van der Waals surface area contributed by atoms with Crippen LogP contribution >= 0.6 is 0 Å². The number of rotatable bonds is 10. The second-order valence-corrected chi connectivity index (χ2v) is 8.96. The predicted octanol–water partition coefficient (Wildman–Crippen LogP) is 4.43. The maximum atomic E-state index is 12.8. The van der Waals surface area contributed by atoms with Crippen molar-refractivity contribution in [2.75, 3.05) is 20.8 Å². The molecule has 0 radical (unpaired) electrons. The molecule has 1 aliphatic rings. The molecule has 192 valence electrons. The molecule has 1 N–H and O–H groups in total. The number of carbonyl (C=O) groups excluding carboxylic acids is 2. The summed E-state index contributed by atoms with van der Waals surface area (Å²) in [5, 5.41) is 21.8. The van der Waals surface area contributed by atoms with Crippen molar-refractivity contribution in [3.05, 3.63) is 73.3 Å². The van der Waals surface area contributed by atoms with Crippen LogP contribution in [0.3, 0.4) is 0 Å². The van der Waals surface area contributed by atoms with Gasteiger partial charge < -0.3 is 19.5 Å². The number of nitro benzene ring substituents is 1. The number of nitro groups is 1. The zero-order valence-corrected chi connectivity index (χ0v) is 21.1. The SMILES string of the molecule is COCc1c(C)c(OC)c(C/C=C(\C)CCC(=O)N2CCc3ccc([N+](=O)[O-])cc3C2)c(O)c1C=O. The van der Waals surface area contributed by atoms with Gasteiger partial charge in [0.25, 0.3) is 5.69 Å². The quantitative estimate of drug-likeness (QED) is 0.224. The molecule has 0 fully saturated rings. The minimum Gasteiger partial charge on any atom is -0.507 e. The number of allylic oxidation sites excluding steroid dienone is 2. The normalized spacial score (nSPS) is 13.3. The van der Waals surface area contributed by atoms with Crippen LogP contribution in [0, 0.1) is 17.0 Å². The summed E-state index contributed by atoms with van der Waals surface area (Å²) in [7, 11) is 3.04. The monoisotopic (exact) mass is 496 g/mol. The topological polar surface area (TPSA) is 119 Å². The molecule has 1 aliphatic heterocycles. The van der Waals surface area contributed by atoms with Crippen LogP contribution in [0.5, 0.6) is 11.5 Å². The van der Waals surface area contributed by atoms with E-state index >= 15 is 0 Å². The van der Waals surface area contributed by atoms with E-state index in [9.17, 15) is 24.8 Å². The summed E-state index contributed by atoms with van der Waals surface area (Å²) in [6.07, 6.45) is 4.39. The Balaban J connectivity index is 1.68. The van der Waals surface area contributed by atoms with Crippen LogP contribution in [0.4, 0.5) is 5.69 Å². The highest BCUT2D eigenvalue weighted by Gasteiger charge is 2.23. The first kappa shape index (κ1) is 26.9. The lowest BCUT2D eigenvalue weighted by Crippen LogP contribution is -2.35. The van der Waals surface area contributed by atoms with Gasteiger partial charge >= 0.3 is 0 Å². The van der Waals surface area contributed by atoms with E-state index in [1.165, 1.54) is 20.3 Å². The maximum Gasteiger partial charge on any atom is 0.269 e. The molecule has 0 saturated heterocycles. The van der Waals surface area contributed by atoms with Crippen LogP contribution in [0.2, 0.25) is 0 Å². The Labute approximate surface area is 210 Å². The summed E-state index contributed by atoms with van der Waals surface area (Å²) < 4.78 is 10.7. The first-order chi connectivity index (χ1) is 17.2. The molecular formula is C27H32N2O7. The van der Waals surface area contributed by atoms with Gasteiger partial charge in [0.2, 0.25) is 5.91 Å². The molecule has 9 nitrogen and oxygen atoms in total. The number of benzene rings is 2. The van der Waals surface area contributed by atoms with Crippen LogP contribution in [0.25, 0.3) is 0 Å². The number of methoxy groups -OCH3 is 2. The summed E-state index contributed by atoms with van der Waals surface area (Å²) >= 11 is 0. The van der Waals surface area contributed by atoms with Gasteiger partial charge in [-0.15, -0.1) is 0 Å². The van der Waals surface area contributed by atoms with Crippen LogP contribution < -0.4 is 4.74 Å². The van der Waals surface area contributed by atoms with Gasteiger partial charge in [-0.1, -0.05) is 17.7 Å². The highest BCUT2D eigenvalue weighted by Crippen LogP contribution is 2.38. The van der Waals surface area contributed by atoms with Crippen molar-refractivity contribution in [3.8, 4) is 11.5 Å². The molecular weight excluding hydrogens is 464 g/mol. The lowest BCUT2D eigenvalue weighted by atomic mass is 9.94. The lowest BCUT2D eigenvalue weighted by molar-refractivity contribution is -0.385. The molecule has 0 unspecified atom stereocenters. The van der Waals surface area contributed by atoms with Crippen LogP contribution in [-0.4, -0.2) is 47.9 Å². The van der Waals surface area contributed by atoms with E-state index in [1.54, 1.807) is 17.0 Å². The van der Waals surface area contributed by atoms with E-state index in [0.717, 1.165) is 22.3 Å². The van der Waals surface area contributed by atoms with E-state index in [0.29, 0.717) is 61.9 Å². The lowest BCUT2D eigenvalue weighted by Gasteiger charge is -2.29. The Bertz CT molecular complexity index is 1200. The Morgan fingerprint density at radius 1 is 1.22 bits per heavy atom. The van der Waals surface area contributed by atoms with Crippen molar-refractivity contribution >= 4 is 17.9 Å². The number of fused-ring (bicyclic) bond motifs is 1. The van der Waals surface area contributed by atoms with Gasteiger partial charge in [-0.2, -0.15) is 0 Å². The van der Waals surface area contributed by atoms with E-state index in [2.05, 4.69) is 0 Å². The molecule has 3 rings (SSSR count). The van der Waals surface area contributed by atoms with Crippen molar-refractivity contribution < 1.29 is 29.1 Å². The third-order valence-electron chi connectivity index (χ3n) is 6.70. The number of hydrogen-bond acceptors (Lipinski definition) is 7. The van der Waals surface area contributed by atoms with Gasteiger partial charge in [0.05, 0.1) is 24.2 Å². The maximum absolute atomic E-state index is 12.8. The minimum atomic E-state index is -0.424. The van der Waals surface area contributed by atoms with E-state index in [1.807, 2.05) is 19.9 Å². The van der Waals surface area contributed by atoms with Crippen molar-refractivity contribution in [2.24, 2.45) is 0 Å². The van der Waals surface area contributed by atoms with Gasteiger partial charge in [0, 0.05) is 44.3 Å². The Hall–Kier alpha value is -3.72. The number of carbonyl (C=O) groups is 2. The van der Waals surface area contributed by atoms with Crippen LogP contribution in [0.15, 0.2) is 29.8 Å². The summed E-state index contributed by atoms with van der Waals surface area (Å²) in [6, 6.07) is 4.82. The number of amides is 1. The molecule has 0 saturated carbocycles. The fourth-order valence-corrected chi connectivity index (χ4v) is 4.61. The molecule has 0 atom stereocenters. The molecule has 0 bridgehead atoms. The van der Waals surface area contributed by atoms with Crippen LogP contribution in [-0.2, 0) is 35.5 Å². The van der Waals surface area contributed by atoms with Gasteiger partial charge in [-0.3, -0.25) is 19.7 Å². The third-order valence-corrected chi connectivity index (χ3v) is 6.70. The largest absolute Gasteiger partial charge is 0.507 e. The number of phenolic OH excluding ortho intramolecular Hbond substituents is 1. The molecule has 0 aliphatic carbocycles. The zero-order chi connectivity index (χ0) is 26.4. The fourth-order valence-electron chi connectivity index (χ4n) is 4.61. The predicted molar refractivity (Wildman–Crippen MR) is 134 cm³/mol. The number of hydrogen-bond donors (Lipinski definition) is 1. The molecule has 2 aromatic carbocycles. The first-order valence-corrected chi connectivity index (χ1v) is 11.8. The highest BCUT2D eigenvalue weighted by molar-refractivity contribution is 5.85. The minimum absolute atomic E-state index is 0.0108. The highest BCUT2D eigenvalue weighted by atomic mass is 16.6. The molecule has 1 heterocycles. The summed E-state index contributed by atoms with van der Waals surface area (Å²) in [5.41, 5.74) is 4.88. The van der Waals surface area contributed by atoms with Crippen molar-refractivity contribution in [3.63, 3.8) is 0 Å². The second-order valence-electron chi connectivity index (χ2n) is 8.96. The smallest absolute Gasteiger partial charge is 0.269 e. The average Bonchev–Trinajstić information content (AvgIpc) is 2.87. The Morgan fingerprint density at radius 2 is 1.97 bits per heavy atom. The van der Waals surface area contributed by atoms with Gasteiger partial charge in [-0.25, -0.2) is 0 Å². The fraction of sp³-hybridized carbons (Fsp3) is 0.407. The van der Waals surface area contributed by atoms with Crippen LogP contribution in [0.1, 0.15) is 57.9 Å². The Kier molecular flexibility index (Phi) is 8.82. The molecule has 1 amide bonds. The van der Waals surface area contributed by atoms with Crippen molar-refractivity contribution in [1.82, 2.24) is 4.90 Å². The standard InChI is InChI=1S/C27H32N2O7/c1-17(5-9-22-26(32)23(15-30)24(16-35-3)18(2)27(22)36-4)6-10-25(31)28-12-11-19-7-8-21(29(33)34)13-20(19)14-28/h5,7-8,13,15,32H,6,9-12,14,16H2,1-4H3/b17-5+. The number of phenols is 1. The molecule has 36 heavy (non-hydrogen) atoms. The number of non-ortho nitro benzene ring substituents is 1. The van der Waals surface area contributed by atoms with Crippen molar-refractivity contribution in [2.45, 2.75) is 52.7 Å². The summed E-state index contributed by atoms with van der Waals surface area (Å²) in [6.45, 7) is 4.86. The zero-order valence-electron chi connectivity index (χ0n) is 21.1. The number of nitrogens with zero attached hydrogens (tertiary/aromatic N) is 2. The average molecular weight is 497 g/mol. The van der Waals surface area contributed by atoms with E-state index in [-0.39, 0.29) is 29.5 Å². The third kappa shape index (κ3) is 5.73. The number of aromatic hydroxyl groups is 1. The summed E-state index contributed by atoms with van der Waals surface area (Å²) in [4.78, 5) is 36.9. The van der Waals surface area contributed by atoms with Gasteiger partial charge in [0.15, 0.2) is 6.29 Å². The second kappa shape index (κ2) is 11.8. The van der Waals surface area contributed by atoms with Gasteiger partial charge in [0.1, 0.15) is 11.5 Å².